The first kappa shape index (κ1) is 23.5. The van der Waals surface area contributed by atoms with Crippen molar-refractivity contribution in [1.82, 2.24) is 4.98 Å². The lowest BCUT2D eigenvalue weighted by Gasteiger charge is -2.08. The van der Waals surface area contributed by atoms with Crippen LogP contribution < -0.4 is 16.0 Å². The minimum atomic E-state index is -0.180. The third-order valence-corrected chi connectivity index (χ3v) is 6.41. The average Bonchev–Trinajstić information content (AvgIpc) is 3.19. The third kappa shape index (κ3) is 7.21. The topological polar surface area (TPSA) is 100 Å². The van der Waals surface area contributed by atoms with Crippen molar-refractivity contribution in [3.8, 4) is 0 Å². The number of thiazole rings is 1. The molecule has 3 aromatic rings. The molecule has 0 spiro atoms. The number of nitrogens with zero attached hydrogens (tertiary/aromatic N) is 1. The van der Waals surface area contributed by atoms with Gasteiger partial charge < -0.3 is 16.0 Å². The number of carbonyl (C=O) groups is 3. The first-order valence-corrected chi connectivity index (χ1v) is 11.9. The molecule has 32 heavy (non-hydrogen) atoms. The van der Waals surface area contributed by atoms with Gasteiger partial charge in [-0.25, -0.2) is 4.98 Å². The summed E-state index contributed by atoms with van der Waals surface area (Å²) < 4.78 is 0.726. The van der Waals surface area contributed by atoms with E-state index in [-0.39, 0.29) is 29.9 Å². The summed E-state index contributed by atoms with van der Waals surface area (Å²) in [7, 11) is 0. The van der Waals surface area contributed by atoms with E-state index in [4.69, 9.17) is 0 Å². The molecule has 0 aliphatic rings. The summed E-state index contributed by atoms with van der Waals surface area (Å²) in [5.41, 5.74) is 3.80. The number of thioether (sulfide) groups is 1. The summed E-state index contributed by atoms with van der Waals surface area (Å²) in [5, 5.41) is 10.3. The van der Waals surface area contributed by atoms with Crippen molar-refractivity contribution in [3.05, 3.63) is 65.2 Å². The molecular weight excluding hydrogens is 444 g/mol. The molecule has 3 N–H and O–H groups in total. The number of carbonyl (C=O) groups excluding carboxylic acids is 3. The second kappa shape index (κ2) is 11.4. The molecule has 0 aliphatic heterocycles. The van der Waals surface area contributed by atoms with Crippen molar-refractivity contribution in [3.63, 3.8) is 0 Å². The molecule has 0 aliphatic carbocycles. The second-order valence-corrected chi connectivity index (χ2v) is 9.02. The van der Waals surface area contributed by atoms with E-state index in [1.54, 1.807) is 24.3 Å². The number of hydrogen-bond acceptors (Lipinski definition) is 6. The monoisotopic (exact) mass is 468 g/mol. The zero-order valence-electron chi connectivity index (χ0n) is 17.8. The molecule has 0 saturated heterocycles. The largest absolute Gasteiger partial charge is 0.326 e. The SMILES string of the molecule is CCc1ccccc1NC(=O)Cc1csc(SCC(=O)Nc2cccc(NC(C)=O)c2)n1. The molecular formula is C23H24N4O3S2. The highest BCUT2D eigenvalue weighted by molar-refractivity contribution is 8.01. The smallest absolute Gasteiger partial charge is 0.234 e. The number of benzene rings is 2. The van der Waals surface area contributed by atoms with Crippen molar-refractivity contribution in [2.75, 3.05) is 21.7 Å². The molecule has 3 amide bonds. The standard InChI is InChI=1S/C23H24N4O3S2/c1-3-16-7-4-5-10-20(16)27-21(29)12-19-13-31-23(26-19)32-14-22(30)25-18-9-6-8-17(11-18)24-15(2)28/h4-11,13H,3,12,14H2,1-2H3,(H,24,28)(H,25,30)(H,27,29). The molecule has 0 fully saturated rings. The van der Waals surface area contributed by atoms with E-state index in [9.17, 15) is 14.4 Å². The normalized spacial score (nSPS) is 10.4. The van der Waals surface area contributed by atoms with Gasteiger partial charge in [-0.1, -0.05) is 43.0 Å². The van der Waals surface area contributed by atoms with E-state index in [0.29, 0.717) is 17.1 Å². The molecule has 0 saturated carbocycles. The molecule has 3 rings (SSSR count). The Morgan fingerprint density at radius 3 is 2.47 bits per heavy atom. The number of nitrogens with one attached hydrogen (secondary N) is 3. The van der Waals surface area contributed by atoms with E-state index in [0.717, 1.165) is 22.0 Å². The van der Waals surface area contributed by atoms with Gasteiger partial charge in [0.2, 0.25) is 17.7 Å². The fraction of sp³-hybridized carbons (Fsp3) is 0.217. The maximum absolute atomic E-state index is 12.4. The Balaban J connectivity index is 1.48. The number of anilines is 3. The second-order valence-electron chi connectivity index (χ2n) is 6.94. The van der Waals surface area contributed by atoms with E-state index in [2.05, 4.69) is 20.9 Å². The van der Waals surface area contributed by atoms with Crippen LogP contribution in [0.5, 0.6) is 0 Å². The van der Waals surface area contributed by atoms with Crippen molar-refractivity contribution in [1.29, 1.82) is 0 Å². The number of rotatable bonds is 9. The van der Waals surface area contributed by atoms with Gasteiger partial charge in [0.1, 0.15) is 0 Å². The van der Waals surface area contributed by atoms with Crippen LogP contribution in [0.3, 0.4) is 0 Å². The summed E-state index contributed by atoms with van der Waals surface area (Å²) in [4.78, 5) is 40.3. The third-order valence-electron chi connectivity index (χ3n) is 4.34. The minimum Gasteiger partial charge on any atom is -0.326 e. The number of amides is 3. The van der Waals surface area contributed by atoms with Crippen molar-refractivity contribution < 1.29 is 14.4 Å². The Kier molecular flexibility index (Phi) is 8.41. The highest BCUT2D eigenvalue weighted by atomic mass is 32.2. The Morgan fingerprint density at radius 1 is 0.969 bits per heavy atom. The van der Waals surface area contributed by atoms with Crippen LogP contribution in [0.1, 0.15) is 25.1 Å². The highest BCUT2D eigenvalue weighted by Crippen LogP contribution is 2.24. The lowest BCUT2D eigenvalue weighted by Crippen LogP contribution is -2.15. The van der Waals surface area contributed by atoms with Gasteiger partial charge in [0, 0.05) is 29.4 Å². The van der Waals surface area contributed by atoms with Gasteiger partial charge in [-0.05, 0) is 36.2 Å². The first-order chi connectivity index (χ1) is 15.4. The summed E-state index contributed by atoms with van der Waals surface area (Å²) in [5.74, 6) is -0.287. The first-order valence-electron chi connectivity index (χ1n) is 10.1. The number of hydrogen-bond donors (Lipinski definition) is 3. The molecule has 9 heteroatoms. The van der Waals surface area contributed by atoms with E-state index in [1.165, 1.54) is 30.0 Å². The van der Waals surface area contributed by atoms with E-state index < -0.39 is 0 Å². The zero-order valence-corrected chi connectivity index (χ0v) is 19.4. The predicted octanol–water partition coefficient (Wildman–Crippen LogP) is 4.58. The molecule has 0 bridgehead atoms. The number of para-hydroxylation sites is 1. The summed E-state index contributed by atoms with van der Waals surface area (Å²) in [6.45, 7) is 3.47. The quantitative estimate of drug-likeness (QED) is 0.399. The molecule has 0 atom stereocenters. The molecule has 2 aromatic carbocycles. The van der Waals surface area contributed by atoms with Crippen LogP contribution in [0.4, 0.5) is 17.1 Å². The van der Waals surface area contributed by atoms with Gasteiger partial charge >= 0.3 is 0 Å². The van der Waals surface area contributed by atoms with Gasteiger partial charge in [0.15, 0.2) is 4.34 Å². The molecule has 0 unspecified atom stereocenters. The van der Waals surface area contributed by atoms with Crippen LogP contribution in [0.25, 0.3) is 0 Å². The number of aromatic nitrogens is 1. The van der Waals surface area contributed by atoms with Crippen LogP contribution >= 0.6 is 23.1 Å². The van der Waals surface area contributed by atoms with E-state index >= 15 is 0 Å². The van der Waals surface area contributed by atoms with Crippen LogP contribution in [0.2, 0.25) is 0 Å². The molecule has 1 aromatic heterocycles. The summed E-state index contributed by atoms with van der Waals surface area (Å²) >= 11 is 2.72. The minimum absolute atomic E-state index is 0.121. The van der Waals surface area contributed by atoms with Crippen LogP contribution in [0, 0.1) is 0 Å². The Labute approximate surface area is 195 Å². The number of aryl methyl sites for hydroxylation is 1. The maximum Gasteiger partial charge on any atom is 0.234 e. The van der Waals surface area contributed by atoms with Crippen LogP contribution in [-0.2, 0) is 27.2 Å². The molecule has 7 nitrogen and oxygen atoms in total. The molecule has 0 radical (unpaired) electrons. The van der Waals surface area contributed by atoms with Crippen LogP contribution in [0.15, 0.2) is 58.3 Å². The Bertz CT molecular complexity index is 1110. The molecule has 1 heterocycles. The lowest BCUT2D eigenvalue weighted by atomic mass is 10.1. The van der Waals surface area contributed by atoms with Gasteiger partial charge in [0.05, 0.1) is 17.9 Å². The van der Waals surface area contributed by atoms with Gasteiger partial charge in [-0.2, -0.15) is 0 Å². The maximum atomic E-state index is 12.4. The Hall–Kier alpha value is -3.17. The van der Waals surface area contributed by atoms with Gasteiger partial charge in [0.25, 0.3) is 0 Å². The summed E-state index contributed by atoms with van der Waals surface area (Å²) in [6.07, 6.45) is 1.02. The van der Waals surface area contributed by atoms with Crippen molar-refractivity contribution in [2.45, 2.75) is 31.0 Å². The van der Waals surface area contributed by atoms with E-state index in [1.807, 2.05) is 36.6 Å². The van der Waals surface area contributed by atoms with Gasteiger partial charge in [-0.15, -0.1) is 11.3 Å². The van der Waals surface area contributed by atoms with Crippen LogP contribution in [-0.4, -0.2) is 28.5 Å². The Morgan fingerprint density at radius 2 is 1.72 bits per heavy atom. The predicted molar refractivity (Wildman–Crippen MR) is 130 cm³/mol. The average molecular weight is 469 g/mol. The fourth-order valence-electron chi connectivity index (χ4n) is 2.95. The fourth-order valence-corrected chi connectivity index (χ4v) is 4.59. The lowest BCUT2D eigenvalue weighted by molar-refractivity contribution is -0.116. The molecule has 166 valence electrons. The zero-order chi connectivity index (χ0) is 22.9. The summed E-state index contributed by atoms with van der Waals surface area (Å²) in [6, 6.07) is 14.7. The van der Waals surface area contributed by atoms with Crippen molar-refractivity contribution >= 4 is 57.9 Å². The van der Waals surface area contributed by atoms with Crippen molar-refractivity contribution in [2.24, 2.45) is 0 Å². The highest BCUT2D eigenvalue weighted by Gasteiger charge is 2.12. The van der Waals surface area contributed by atoms with Gasteiger partial charge in [-0.3, -0.25) is 14.4 Å².